The number of rotatable bonds is 3. The molecule has 2 aromatic rings. The highest BCUT2D eigenvalue weighted by atomic mass is 16.3. The van der Waals surface area contributed by atoms with Crippen LogP contribution in [0.25, 0.3) is 10.9 Å². The number of aromatic nitrogens is 1. The summed E-state index contributed by atoms with van der Waals surface area (Å²) in [6.45, 7) is 0.158. The van der Waals surface area contributed by atoms with Crippen LogP contribution in [0.4, 0.5) is 11.4 Å². The molecule has 4 heteroatoms. The summed E-state index contributed by atoms with van der Waals surface area (Å²) in [5.41, 5.74) is 8.32. The van der Waals surface area contributed by atoms with Gasteiger partial charge in [0, 0.05) is 17.3 Å². The van der Waals surface area contributed by atoms with Crippen LogP contribution in [0.2, 0.25) is 0 Å². The van der Waals surface area contributed by atoms with Crippen molar-refractivity contribution >= 4 is 22.3 Å². The van der Waals surface area contributed by atoms with Gasteiger partial charge in [-0.15, -0.1) is 0 Å². The first-order valence-corrected chi connectivity index (χ1v) is 5.76. The normalized spacial score (nSPS) is 17.0. The van der Waals surface area contributed by atoms with Crippen LogP contribution < -0.4 is 11.1 Å². The molecule has 1 saturated carbocycles. The highest BCUT2D eigenvalue weighted by molar-refractivity contribution is 5.98. The molecule has 0 bridgehead atoms. The first-order chi connectivity index (χ1) is 8.24. The summed E-state index contributed by atoms with van der Waals surface area (Å²) >= 11 is 0. The van der Waals surface area contributed by atoms with Crippen molar-refractivity contribution in [3.05, 3.63) is 30.5 Å². The maximum absolute atomic E-state index is 9.34. The summed E-state index contributed by atoms with van der Waals surface area (Å²) in [4.78, 5) is 4.36. The van der Waals surface area contributed by atoms with Crippen molar-refractivity contribution in [2.24, 2.45) is 0 Å². The lowest BCUT2D eigenvalue weighted by Gasteiger charge is -2.17. The van der Waals surface area contributed by atoms with Gasteiger partial charge in [0.15, 0.2) is 0 Å². The van der Waals surface area contributed by atoms with Gasteiger partial charge in [0.25, 0.3) is 0 Å². The van der Waals surface area contributed by atoms with Crippen LogP contribution in [0.5, 0.6) is 0 Å². The molecule has 0 amide bonds. The van der Waals surface area contributed by atoms with E-state index in [1.54, 1.807) is 6.20 Å². The number of benzene rings is 1. The van der Waals surface area contributed by atoms with Crippen LogP contribution >= 0.6 is 0 Å². The Balaban J connectivity index is 2.08. The molecule has 0 unspecified atom stereocenters. The van der Waals surface area contributed by atoms with Gasteiger partial charge in [-0.2, -0.15) is 0 Å². The third kappa shape index (κ3) is 1.70. The van der Waals surface area contributed by atoms with Crippen molar-refractivity contribution in [1.82, 2.24) is 4.98 Å². The Hall–Kier alpha value is -1.81. The minimum atomic E-state index is -0.138. The predicted molar refractivity (Wildman–Crippen MR) is 68.8 cm³/mol. The van der Waals surface area contributed by atoms with Crippen molar-refractivity contribution in [3.8, 4) is 0 Å². The quantitative estimate of drug-likeness (QED) is 0.701. The van der Waals surface area contributed by atoms with Gasteiger partial charge in [-0.25, -0.2) is 0 Å². The molecule has 17 heavy (non-hydrogen) atoms. The Morgan fingerprint density at radius 3 is 2.88 bits per heavy atom. The Kier molecular flexibility index (Phi) is 2.19. The lowest BCUT2D eigenvalue weighted by atomic mass is 10.1. The molecule has 3 rings (SSSR count). The standard InChI is InChI=1S/C13H15N3O/c14-10-3-4-11(16-13(8-17)5-6-13)12-9(10)2-1-7-15-12/h1-4,7,16-17H,5-6,8,14H2. The number of pyridine rings is 1. The number of nitrogens with one attached hydrogen (secondary N) is 1. The molecule has 1 aromatic heterocycles. The second-order valence-corrected chi connectivity index (χ2v) is 4.67. The molecule has 1 fully saturated rings. The monoisotopic (exact) mass is 229 g/mol. The number of anilines is 2. The highest BCUT2D eigenvalue weighted by Crippen LogP contribution is 2.40. The average Bonchev–Trinajstić information content (AvgIpc) is 3.14. The number of nitrogen functional groups attached to an aromatic ring is 1. The van der Waals surface area contributed by atoms with E-state index in [0.717, 1.165) is 35.1 Å². The molecular formula is C13H15N3O. The van der Waals surface area contributed by atoms with Crippen LogP contribution in [0.15, 0.2) is 30.5 Å². The first kappa shape index (κ1) is 10.4. The van der Waals surface area contributed by atoms with E-state index in [9.17, 15) is 5.11 Å². The fourth-order valence-electron chi connectivity index (χ4n) is 2.05. The van der Waals surface area contributed by atoms with Crippen molar-refractivity contribution < 1.29 is 5.11 Å². The highest BCUT2D eigenvalue weighted by Gasteiger charge is 2.42. The Labute approximate surface area is 99.5 Å². The zero-order chi connectivity index (χ0) is 11.9. The molecule has 0 saturated heterocycles. The molecule has 0 spiro atoms. The predicted octanol–water partition coefficient (Wildman–Crippen LogP) is 1.75. The zero-order valence-corrected chi connectivity index (χ0v) is 9.48. The fourth-order valence-corrected chi connectivity index (χ4v) is 2.05. The topological polar surface area (TPSA) is 71.2 Å². The average molecular weight is 229 g/mol. The molecule has 0 atom stereocenters. The van der Waals surface area contributed by atoms with Crippen LogP contribution in [-0.4, -0.2) is 22.2 Å². The van der Waals surface area contributed by atoms with E-state index in [1.807, 2.05) is 24.3 Å². The van der Waals surface area contributed by atoms with Crippen molar-refractivity contribution in [2.75, 3.05) is 17.7 Å². The lowest BCUT2D eigenvalue weighted by molar-refractivity contribution is 0.266. The van der Waals surface area contributed by atoms with Gasteiger partial charge in [-0.1, -0.05) is 0 Å². The van der Waals surface area contributed by atoms with E-state index in [0.29, 0.717) is 0 Å². The van der Waals surface area contributed by atoms with Gasteiger partial charge in [0.05, 0.1) is 23.3 Å². The number of nitrogens with two attached hydrogens (primary N) is 1. The SMILES string of the molecule is Nc1ccc(NC2(CO)CC2)c2ncccc12. The minimum absolute atomic E-state index is 0.138. The van der Waals surface area contributed by atoms with E-state index in [-0.39, 0.29) is 12.1 Å². The Morgan fingerprint density at radius 2 is 2.18 bits per heavy atom. The van der Waals surface area contributed by atoms with Crippen molar-refractivity contribution in [3.63, 3.8) is 0 Å². The maximum atomic E-state index is 9.34. The van der Waals surface area contributed by atoms with Gasteiger partial charge in [-0.05, 0) is 37.1 Å². The van der Waals surface area contributed by atoms with E-state index in [2.05, 4.69) is 10.3 Å². The smallest absolute Gasteiger partial charge is 0.0954 e. The molecule has 4 nitrogen and oxygen atoms in total. The maximum Gasteiger partial charge on any atom is 0.0954 e. The van der Waals surface area contributed by atoms with E-state index in [4.69, 9.17) is 5.73 Å². The van der Waals surface area contributed by atoms with E-state index in [1.165, 1.54) is 0 Å². The zero-order valence-electron chi connectivity index (χ0n) is 9.48. The summed E-state index contributed by atoms with van der Waals surface area (Å²) in [6, 6.07) is 7.64. The minimum Gasteiger partial charge on any atom is -0.398 e. The molecule has 88 valence electrons. The summed E-state index contributed by atoms with van der Waals surface area (Å²) in [7, 11) is 0. The fraction of sp³-hybridized carbons (Fsp3) is 0.308. The van der Waals surface area contributed by atoms with E-state index < -0.39 is 0 Å². The summed E-state index contributed by atoms with van der Waals surface area (Å²) in [5.74, 6) is 0. The van der Waals surface area contributed by atoms with E-state index >= 15 is 0 Å². The molecule has 0 aliphatic heterocycles. The molecular weight excluding hydrogens is 214 g/mol. The second-order valence-electron chi connectivity index (χ2n) is 4.67. The van der Waals surface area contributed by atoms with Gasteiger partial charge in [-0.3, -0.25) is 4.98 Å². The third-order valence-electron chi connectivity index (χ3n) is 3.36. The van der Waals surface area contributed by atoms with Crippen LogP contribution in [0.3, 0.4) is 0 Å². The number of aliphatic hydroxyl groups excluding tert-OH is 1. The molecule has 1 aromatic carbocycles. The second kappa shape index (κ2) is 3.60. The first-order valence-electron chi connectivity index (χ1n) is 5.76. The summed E-state index contributed by atoms with van der Waals surface area (Å²) < 4.78 is 0. The van der Waals surface area contributed by atoms with Crippen LogP contribution in [0.1, 0.15) is 12.8 Å². The van der Waals surface area contributed by atoms with Gasteiger partial charge in [0.1, 0.15) is 0 Å². The lowest BCUT2D eigenvalue weighted by Crippen LogP contribution is -2.25. The molecule has 4 N–H and O–H groups in total. The van der Waals surface area contributed by atoms with Gasteiger partial charge < -0.3 is 16.2 Å². The third-order valence-corrected chi connectivity index (χ3v) is 3.36. The molecule has 1 aliphatic carbocycles. The molecule has 0 radical (unpaired) electrons. The summed E-state index contributed by atoms with van der Waals surface area (Å²) in [5, 5.41) is 13.7. The van der Waals surface area contributed by atoms with Gasteiger partial charge in [0.2, 0.25) is 0 Å². The molecule has 1 heterocycles. The number of aliphatic hydroxyl groups is 1. The van der Waals surface area contributed by atoms with Crippen molar-refractivity contribution in [2.45, 2.75) is 18.4 Å². The number of nitrogens with zero attached hydrogens (tertiary/aromatic N) is 1. The number of fused-ring (bicyclic) bond motifs is 1. The largest absolute Gasteiger partial charge is 0.398 e. The molecule has 1 aliphatic rings. The van der Waals surface area contributed by atoms with Crippen molar-refractivity contribution in [1.29, 1.82) is 0 Å². The number of hydrogen-bond donors (Lipinski definition) is 3. The van der Waals surface area contributed by atoms with Crippen LogP contribution in [0, 0.1) is 0 Å². The Morgan fingerprint density at radius 1 is 1.35 bits per heavy atom. The van der Waals surface area contributed by atoms with Gasteiger partial charge >= 0.3 is 0 Å². The Bertz CT molecular complexity index is 564. The number of hydrogen-bond acceptors (Lipinski definition) is 4. The summed E-state index contributed by atoms with van der Waals surface area (Å²) in [6.07, 6.45) is 3.76. The van der Waals surface area contributed by atoms with Crippen LogP contribution in [-0.2, 0) is 0 Å².